The number of rotatable bonds is 0. The molecule has 1 aliphatic heterocycles. The van der Waals surface area contributed by atoms with Crippen LogP contribution in [0.5, 0.6) is 0 Å². The van der Waals surface area contributed by atoms with Crippen LogP contribution < -0.4 is 0 Å². The second-order valence-electron chi connectivity index (χ2n) is 5.84. The minimum absolute atomic E-state index is 0.0440. The predicted molar refractivity (Wildman–Crippen MR) is 63.3 cm³/mol. The van der Waals surface area contributed by atoms with Gasteiger partial charge in [-0.2, -0.15) is 0 Å². The monoisotopic (exact) mass is 223 g/mol. The van der Waals surface area contributed by atoms with Gasteiger partial charge in [-0.05, 0) is 46.5 Å². The Morgan fingerprint density at radius 1 is 1.31 bits per heavy atom. The Bertz CT molecular complexity index is 306. The van der Waals surface area contributed by atoms with Crippen LogP contribution >= 0.6 is 0 Å². The Morgan fingerprint density at radius 3 is 2.50 bits per heavy atom. The largest absolute Gasteiger partial charge is 0.444 e. The first-order valence-electron chi connectivity index (χ1n) is 6.09. The average Bonchev–Trinajstić information content (AvgIpc) is 2.74. The normalized spacial score (nSPS) is 23.1. The summed E-state index contributed by atoms with van der Waals surface area (Å²) in [4.78, 5) is 14.0. The van der Waals surface area contributed by atoms with Crippen LogP contribution in [-0.4, -0.2) is 28.7 Å². The lowest BCUT2D eigenvalue weighted by atomic mass is 9.94. The van der Waals surface area contributed by atoms with Crippen LogP contribution in [0.15, 0.2) is 12.2 Å². The third-order valence-electron chi connectivity index (χ3n) is 3.37. The van der Waals surface area contributed by atoms with E-state index in [-0.39, 0.29) is 11.6 Å². The van der Waals surface area contributed by atoms with Gasteiger partial charge in [-0.25, -0.2) is 4.79 Å². The molecule has 1 saturated heterocycles. The van der Waals surface area contributed by atoms with Crippen molar-refractivity contribution in [2.45, 2.75) is 57.6 Å². The summed E-state index contributed by atoms with van der Waals surface area (Å²) in [7, 11) is 0. The van der Waals surface area contributed by atoms with Gasteiger partial charge in [0.25, 0.3) is 0 Å². The summed E-state index contributed by atoms with van der Waals surface area (Å²) < 4.78 is 5.47. The summed E-state index contributed by atoms with van der Waals surface area (Å²) in [5.41, 5.74) is -0.352. The molecule has 3 heteroatoms. The number of carbonyl (C=O) groups excluding carboxylic acids is 1. The first-order valence-corrected chi connectivity index (χ1v) is 6.09. The lowest BCUT2D eigenvalue weighted by Crippen LogP contribution is -2.47. The summed E-state index contributed by atoms with van der Waals surface area (Å²) in [5, 5.41) is 0. The van der Waals surface area contributed by atoms with Gasteiger partial charge in [0.05, 0.1) is 5.54 Å². The highest BCUT2D eigenvalue weighted by Gasteiger charge is 2.45. The Morgan fingerprint density at radius 2 is 1.94 bits per heavy atom. The minimum Gasteiger partial charge on any atom is -0.444 e. The lowest BCUT2D eigenvalue weighted by Gasteiger charge is -2.36. The van der Waals surface area contributed by atoms with Crippen molar-refractivity contribution in [2.75, 3.05) is 6.54 Å². The molecule has 0 radical (unpaired) electrons. The van der Waals surface area contributed by atoms with E-state index in [1.54, 1.807) is 0 Å². The number of ether oxygens (including phenoxy) is 1. The van der Waals surface area contributed by atoms with Crippen molar-refractivity contribution in [1.29, 1.82) is 0 Å². The fraction of sp³-hybridized carbons (Fsp3) is 0.769. The number of nitrogens with zero attached hydrogens (tertiary/aromatic N) is 1. The van der Waals surface area contributed by atoms with Gasteiger partial charge in [-0.15, -0.1) is 0 Å². The summed E-state index contributed by atoms with van der Waals surface area (Å²) in [6, 6.07) is 0. The molecule has 0 aromatic heterocycles. The van der Waals surface area contributed by atoms with Crippen molar-refractivity contribution < 1.29 is 9.53 Å². The molecule has 1 heterocycles. The average molecular weight is 223 g/mol. The molecule has 1 aliphatic carbocycles. The summed E-state index contributed by atoms with van der Waals surface area (Å²) in [5.74, 6) is 0. The molecule has 2 rings (SSSR count). The number of likely N-dealkylation sites (tertiary alicyclic amines) is 1. The van der Waals surface area contributed by atoms with E-state index in [9.17, 15) is 4.79 Å². The second kappa shape index (κ2) is 3.79. The van der Waals surface area contributed by atoms with Crippen molar-refractivity contribution in [1.82, 2.24) is 4.90 Å². The van der Waals surface area contributed by atoms with Crippen LogP contribution in [-0.2, 0) is 4.74 Å². The van der Waals surface area contributed by atoms with E-state index in [1.807, 2.05) is 25.7 Å². The van der Waals surface area contributed by atoms with Gasteiger partial charge in [0.15, 0.2) is 0 Å². The zero-order valence-electron chi connectivity index (χ0n) is 10.5. The van der Waals surface area contributed by atoms with Crippen LogP contribution in [0.3, 0.4) is 0 Å². The van der Waals surface area contributed by atoms with Gasteiger partial charge < -0.3 is 9.64 Å². The van der Waals surface area contributed by atoms with Gasteiger partial charge in [-0.3, -0.25) is 0 Å². The molecular formula is C13H21NO2. The highest BCUT2D eigenvalue weighted by atomic mass is 16.6. The molecule has 1 amide bonds. The van der Waals surface area contributed by atoms with Crippen LogP contribution in [0.2, 0.25) is 0 Å². The summed E-state index contributed by atoms with van der Waals surface area (Å²) in [6.45, 7) is 6.60. The Balaban J connectivity index is 2.06. The molecule has 90 valence electrons. The van der Waals surface area contributed by atoms with Gasteiger partial charge in [0.1, 0.15) is 5.60 Å². The van der Waals surface area contributed by atoms with Crippen molar-refractivity contribution in [3.63, 3.8) is 0 Å². The number of amides is 1. The number of hydrogen-bond acceptors (Lipinski definition) is 2. The molecule has 16 heavy (non-hydrogen) atoms. The number of carbonyl (C=O) groups is 1. The molecule has 0 aromatic rings. The number of hydrogen-bond donors (Lipinski definition) is 0. The van der Waals surface area contributed by atoms with Crippen LogP contribution in [0.4, 0.5) is 4.79 Å². The molecule has 0 unspecified atom stereocenters. The summed E-state index contributed by atoms with van der Waals surface area (Å²) in [6.07, 6.45) is 8.41. The Kier molecular flexibility index (Phi) is 2.72. The maximum Gasteiger partial charge on any atom is 0.410 e. The quantitative estimate of drug-likeness (QED) is 0.590. The van der Waals surface area contributed by atoms with Gasteiger partial charge in [0, 0.05) is 6.54 Å². The van der Waals surface area contributed by atoms with Crippen LogP contribution in [0, 0.1) is 0 Å². The molecule has 1 fully saturated rings. The zero-order chi connectivity index (χ0) is 11.8. The zero-order valence-corrected chi connectivity index (χ0v) is 10.5. The van der Waals surface area contributed by atoms with E-state index in [1.165, 1.54) is 0 Å². The maximum atomic E-state index is 12.1. The molecular weight excluding hydrogens is 202 g/mol. The van der Waals surface area contributed by atoms with E-state index in [0.717, 1.165) is 32.2 Å². The van der Waals surface area contributed by atoms with Crippen molar-refractivity contribution >= 4 is 6.09 Å². The Hall–Kier alpha value is -0.990. The van der Waals surface area contributed by atoms with E-state index in [4.69, 9.17) is 4.74 Å². The minimum atomic E-state index is -0.396. The van der Waals surface area contributed by atoms with Gasteiger partial charge >= 0.3 is 6.09 Å². The topological polar surface area (TPSA) is 29.5 Å². The molecule has 1 spiro atoms. The third-order valence-corrected chi connectivity index (χ3v) is 3.37. The molecule has 0 aromatic carbocycles. The fourth-order valence-corrected chi connectivity index (χ4v) is 2.65. The van der Waals surface area contributed by atoms with Crippen LogP contribution in [0.1, 0.15) is 46.5 Å². The standard InChI is InChI=1S/C13H21NO2/c1-12(2,3)16-11(15)14-10-6-9-13(14)7-4-5-8-13/h4-5H,6-10H2,1-3H3. The molecule has 3 nitrogen and oxygen atoms in total. The van der Waals surface area contributed by atoms with E-state index in [2.05, 4.69) is 12.2 Å². The highest BCUT2D eigenvalue weighted by Crippen LogP contribution is 2.40. The maximum absolute atomic E-state index is 12.1. The molecule has 0 bridgehead atoms. The first-order chi connectivity index (χ1) is 7.43. The van der Waals surface area contributed by atoms with Crippen LogP contribution in [0.25, 0.3) is 0 Å². The Labute approximate surface area is 97.5 Å². The van der Waals surface area contributed by atoms with Crippen molar-refractivity contribution in [3.8, 4) is 0 Å². The molecule has 0 saturated carbocycles. The smallest absolute Gasteiger partial charge is 0.410 e. The third kappa shape index (κ3) is 2.08. The molecule has 0 atom stereocenters. The van der Waals surface area contributed by atoms with E-state index < -0.39 is 5.60 Å². The lowest BCUT2D eigenvalue weighted by molar-refractivity contribution is 0.00976. The van der Waals surface area contributed by atoms with E-state index in [0.29, 0.717) is 0 Å². The summed E-state index contributed by atoms with van der Waals surface area (Å²) >= 11 is 0. The van der Waals surface area contributed by atoms with Gasteiger partial charge in [-0.1, -0.05) is 12.2 Å². The fourth-order valence-electron chi connectivity index (χ4n) is 2.65. The highest BCUT2D eigenvalue weighted by molar-refractivity contribution is 5.70. The molecule has 2 aliphatic rings. The predicted octanol–water partition coefficient (Wildman–Crippen LogP) is 3.11. The molecule has 0 N–H and O–H groups in total. The van der Waals surface area contributed by atoms with Crippen molar-refractivity contribution in [3.05, 3.63) is 12.2 Å². The van der Waals surface area contributed by atoms with Crippen molar-refractivity contribution in [2.24, 2.45) is 0 Å². The van der Waals surface area contributed by atoms with E-state index >= 15 is 0 Å². The SMILES string of the molecule is CC(C)(C)OC(=O)N1CCCC12CC=CC2. The van der Waals surface area contributed by atoms with Gasteiger partial charge in [0.2, 0.25) is 0 Å². The second-order valence-corrected chi connectivity index (χ2v) is 5.84. The first kappa shape index (κ1) is 11.5.